The summed E-state index contributed by atoms with van der Waals surface area (Å²) in [6.07, 6.45) is 6.47. The van der Waals surface area contributed by atoms with Crippen molar-refractivity contribution in [2.45, 2.75) is 29.1 Å². The number of nitrogens with one attached hydrogen (secondary N) is 1. The van der Waals surface area contributed by atoms with E-state index in [1.165, 1.54) is 36.4 Å². The zero-order valence-electron chi connectivity index (χ0n) is 14.4. The van der Waals surface area contributed by atoms with Gasteiger partial charge in [0.2, 0.25) is 15.7 Å². The smallest absolute Gasteiger partial charge is 0.269 e. The van der Waals surface area contributed by atoms with Crippen LogP contribution in [0.2, 0.25) is 0 Å². The van der Waals surface area contributed by atoms with Gasteiger partial charge in [-0.3, -0.25) is 14.9 Å². The second-order valence-corrected chi connectivity index (χ2v) is 8.25. The second-order valence-electron chi connectivity index (χ2n) is 6.30. The van der Waals surface area contributed by atoms with E-state index in [4.69, 9.17) is 0 Å². The minimum Gasteiger partial charge on any atom is -0.326 e. The number of carbonyl (C=O) groups is 1. The molecular formula is C19H18N2O5S. The number of sulfone groups is 1. The number of carbonyl (C=O) groups excluding carboxylic acids is 1. The number of nitro groups is 1. The topological polar surface area (TPSA) is 106 Å². The predicted octanol–water partition coefficient (Wildman–Crippen LogP) is 3.72. The first kappa shape index (κ1) is 18.8. The summed E-state index contributed by atoms with van der Waals surface area (Å²) in [7, 11) is -3.79. The highest BCUT2D eigenvalue weighted by molar-refractivity contribution is 7.91. The van der Waals surface area contributed by atoms with Crippen molar-refractivity contribution in [2.24, 2.45) is 5.92 Å². The summed E-state index contributed by atoms with van der Waals surface area (Å²) in [5.74, 6) is 0.143. The maximum Gasteiger partial charge on any atom is 0.269 e. The largest absolute Gasteiger partial charge is 0.326 e. The third-order valence-electron chi connectivity index (χ3n) is 4.37. The first-order valence-electron chi connectivity index (χ1n) is 8.42. The molecule has 0 saturated carbocycles. The van der Waals surface area contributed by atoms with Gasteiger partial charge in [0.15, 0.2) is 0 Å². The Morgan fingerprint density at radius 2 is 1.67 bits per heavy atom. The Kier molecular flexibility index (Phi) is 5.36. The van der Waals surface area contributed by atoms with Crippen LogP contribution in [-0.4, -0.2) is 19.2 Å². The zero-order valence-corrected chi connectivity index (χ0v) is 15.2. The van der Waals surface area contributed by atoms with Crippen molar-refractivity contribution in [2.75, 3.05) is 5.32 Å². The van der Waals surface area contributed by atoms with Gasteiger partial charge in [0.1, 0.15) is 0 Å². The monoisotopic (exact) mass is 386 g/mol. The lowest BCUT2D eigenvalue weighted by Crippen LogP contribution is -2.14. The first-order chi connectivity index (χ1) is 12.9. The Hall–Kier alpha value is -3.00. The van der Waals surface area contributed by atoms with E-state index in [0.717, 1.165) is 25.0 Å². The number of nitrogens with zero attached hydrogens (tertiary/aromatic N) is 1. The van der Waals surface area contributed by atoms with Gasteiger partial charge in [-0.2, -0.15) is 0 Å². The fourth-order valence-corrected chi connectivity index (χ4v) is 4.18. The Morgan fingerprint density at radius 1 is 1.07 bits per heavy atom. The Morgan fingerprint density at radius 3 is 2.19 bits per heavy atom. The number of benzene rings is 2. The van der Waals surface area contributed by atoms with E-state index < -0.39 is 14.8 Å². The molecule has 2 aromatic carbocycles. The van der Waals surface area contributed by atoms with E-state index >= 15 is 0 Å². The highest BCUT2D eigenvalue weighted by Gasteiger charge is 2.19. The van der Waals surface area contributed by atoms with Crippen LogP contribution in [0.4, 0.5) is 11.4 Å². The molecule has 0 aliphatic heterocycles. The molecule has 3 rings (SSSR count). The summed E-state index contributed by atoms with van der Waals surface area (Å²) in [6, 6.07) is 10.6. The minimum absolute atomic E-state index is 0.0297. The Balaban J connectivity index is 1.70. The fraction of sp³-hybridized carbons (Fsp3) is 0.211. The van der Waals surface area contributed by atoms with E-state index in [1.54, 1.807) is 0 Å². The number of nitro benzene ring substituents is 1. The maximum absolute atomic E-state index is 12.6. The number of anilines is 1. The molecule has 0 bridgehead atoms. The summed E-state index contributed by atoms with van der Waals surface area (Å²) in [5, 5.41) is 13.4. The second kappa shape index (κ2) is 7.71. The Labute approximate surface area is 156 Å². The summed E-state index contributed by atoms with van der Waals surface area (Å²) in [6.45, 7) is 0. The number of rotatable bonds is 6. The van der Waals surface area contributed by atoms with Crippen LogP contribution in [0, 0.1) is 16.0 Å². The first-order valence-corrected chi connectivity index (χ1v) is 9.91. The minimum atomic E-state index is -3.79. The van der Waals surface area contributed by atoms with Crippen molar-refractivity contribution in [3.8, 4) is 0 Å². The van der Waals surface area contributed by atoms with Gasteiger partial charge >= 0.3 is 0 Å². The molecule has 0 spiro atoms. The molecule has 7 nitrogen and oxygen atoms in total. The summed E-state index contributed by atoms with van der Waals surface area (Å²) in [5.41, 5.74) is 0.341. The van der Waals surface area contributed by atoms with Crippen molar-refractivity contribution >= 4 is 27.1 Å². The van der Waals surface area contributed by atoms with Crippen LogP contribution in [0.15, 0.2) is 70.5 Å². The lowest BCUT2D eigenvalue weighted by molar-refractivity contribution is -0.384. The summed E-state index contributed by atoms with van der Waals surface area (Å²) in [4.78, 5) is 22.2. The van der Waals surface area contributed by atoms with Crippen molar-refractivity contribution in [1.82, 2.24) is 0 Å². The van der Waals surface area contributed by atoms with Crippen LogP contribution in [0.25, 0.3) is 0 Å². The molecule has 0 aromatic heterocycles. The molecule has 1 N–H and O–H groups in total. The molecule has 27 heavy (non-hydrogen) atoms. The molecule has 0 heterocycles. The predicted molar refractivity (Wildman–Crippen MR) is 100 cm³/mol. The van der Waals surface area contributed by atoms with Crippen LogP contribution in [0.5, 0.6) is 0 Å². The number of allylic oxidation sites excluding steroid dienone is 2. The number of non-ortho nitro benzene ring substituents is 1. The van der Waals surface area contributed by atoms with E-state index in [1.807, 2.05) is 6.08 Å². The van der Waals surface area contributed by atoms with Crippen LogP contribution >= 0.6 is 0 Å². The SMILES string of the molecule is O=C(C[C@@H]1C=CCC1)Nc1ccc(S(=O)(=O)c2ccc([N+](=O)[O-])cc2)cc1. The van der Waals surface area contributed by atoms with E-state index in [-0.39, 0.29) is 27.3 Å². The van der Waals surface area contributed by atoms with Gasteiger partial charge in [-0.25, -0.2) is 8.42 Å². The van der Waals surface area contributed by atoms with Crippen molar-refractivity contribution < 1.29 is 18.1 Å². The van der Waals surface area contributed by atoms with Crippen LogP contribution in [-0.2, 0) is 14.6 Å². The molecule has 1 aliphatic carbocycles. The van der Waals surface area contributed by atoms with Gasteiger partial charge in [0, 0.05) is 24.2 Å². The molecule has 8 heteroatoms. The molecule has 1 atom stereocenters. The van der Waals surface area contributed by atoms with E-state index in [9.17, 15) is 23.3 Å². The highest BCUT2D eigenvalue weighted by atomic mass is 32.2. The standard InChI is InChI=1S/C19H18N2O5S/c22-19(13-14-3-1-2-4-14)20-15-5-9-17(10-6-15)27(25,26)18-11-7-16(8-12-18)21(23)24/h1,3,5-12,14H,2,4,13H2,(H,20,22)/t14-/m1/s1. The molecule has 1 aliphatic rings. The number of hydrogen-bond donors (Lipinski definition) is 1. The summed E-state index contributed by atoms with van der Waals surface area (Å²) < 4.78 is 25.2. The number of hydrogen-bond acceptors (Lipinski definition) is 5. The van der Waals surface area contributed by atoms with E-state index in [2.05, 4.69) is 11.4 Å². The molecular weight excluding hydrogens is 368 g/mol. The maximum atomic E-state index is 12.6. The third-order valence-corrected chi connectivity index (χ3v) is 6.15. The number of amides is 1. The zero-order chi connectivity index (χ0) is 19.4. The van der Waals surface area contributed by atoms with Crippen molar-refractivity contribution in [3.63, 3.8) is 0 Å². The van der Waals surface area contributed by atoms with Crippen LogP contribution < -0.4 is 5.32 Å². The third kappa shape index (κ3) is 4.40. The van der Waals surface area contributed by atoms with Crippen molar-refractivity contribution in [1.29, 1.82) is 0 Å². The highest BCUT2D eigenvalue weighted by Crippen LogP contribution is 2.25. The normalized spacial score (nSPS) is 16.2. The molecule has 0 radical (unpaired) electrons. The quantitative estimate of drug-likeness (QED) is 0.462. The molecule has 0 saturated heterocycles. The average Bonchev–Trinajstić information content (AvgIpc) is 3.15. The van der Waals surface area contributed by atoms with Crippen molar-refractivity contribution in [3.05, 3.63) is 70.8 Å². The van der Waals surface area contributed by atoms with Gasteiger partial charge in [0.05, 0.1) is 14.7 Å². The Bertz CT molecular complexity index is 980. The van der Waals surface area contributed by atoms with Gasteiger partial charge in [-0.15, -0.1) is 0 Å². The van der Waals surface area contributed by atoms with E-state index in [0.29, 0.717) is 12.1 Å². The molecule has 0 fully saturated rings. The van der Waals surface area contributed by atoms with Gasteiger partial charge in [-0.05, 0) is 55.2 Å². The average molecular weight is 386 g/mol. The van der Waals surface area contributed by atoms with Crippen LogP contribution in [0.3, 0.4) is 0 Å². The molecule has 1 amide bonds. The van der Waals surface area contributed by atoms with Crippen LogP contribution in [0.1, 0.15) is 19.3 Å². The lowest BCUT2D eigenvalue weighted by Gasteiger charge is -2.10. The summed E-state index contributed by atoms with van der Waals surface area (Å²) >= 11 is 0. The molecule has 2 aromatic rings. The van der Waals surface area contributed by atoms with Gasteiger partial charge < -0.3 is 5.32 Å². The fourth-order valence-electron chi connectivity index (χ4n) is 2.92. The van der Waals surface area contributed by atoms with Gasteiger partial charge in [0.25, 0.3) is 5.69 Å². The molecule has 0 unspecified atom stereocenters. The van der Waals surface area contributed by atoms with Gasteiger partial charge in [-0.1, -0.05) is 12.2 Å². The molecule has 140 valence electrons. The lowest BCUT2D eigenvalue weighted by atomic mass is 10.1.